The largest absolute Gasteiger partial charge is 0.484 e. The Labute approximate surface area is 118 Å². The number of hydrogen-bond donors (Lipinski definition) is 1. The monoisotopic (exact) mass is 276 g/mol. The zero-order chi connectivity index (χ0) is 14.0. The summed E-state index contributed by atoms with van der Waals surface area (Å²) in [5.41, 5.74) is 8.97. The van der Waals surface area contributed by atoms with E-state index < -0.39 is 0 Å². The fourth-order valence-corrected chi connectivity index (χ4v) is 2.60. The van der Waals surface area contributed by atoms with E-state index in [0.29, 0.717) is 11.0 Å². The lowest BCUT2D eigenvalue weighted by atomic mass is 10.0. The molecule has 0 aliphatic heterocycles. The molecule has 19 heavy (non-hydrogen) atoms. The van der Waals surface area contributed by atoms with Gasteiger partial charge in [0.05, 0.1) is 5.69 Å². The van der Waals surface area contributed by atoms with Crippen molar-refractivity contribution in [2.24, 2.45) is 0 Å². The van der Waals surface area contributed by atoms with Gasteiger partial charge in [-0.2, -0.15) is 0 Å². The predicted molar refractivity (Wildman–Crippen MR) is 80.8 cm³/mol. The van der Waals surface area contributed by atoms with Crippen LogP contribution in [0.15, 0.2) is 23.6 Å². The third-order valence-electron chi connectivity index (χ3n) is 3.05. The van der Waals surface area contributed by atoms with Crippen LogP contribution < -0.4 is 10.5 Å². The third-order valence-corrected chi connectivity index (χ3v) is 3.74. The van der Waals surface area contributed by atoms with Gasteiger partial charge in [0, 0.05) is 5.38 Å². The third kappa shape index (κ3) is 3.26. The fraction of sp³-hybridized carbons (Fsp3) is 0.400. The fourth-order valence-electron chi connectivity index (χ4n) is 1.96. The number of nitrogens with two attached hydrogens (primary N) is 1. The highest BCUT2D eigenvalue weighted by Crippen LogP contribution is 2.31. The first-order chi connectivity index (χ1) is 8.97. The average molecular weight is 276 g/mol. The number of aromatic nitrogens is 1. The molecule has 1 heterocycles. The summed E-state index contributed by atoms with van der Waals surface area (Å²) in [6.07, 6.45) is -0.0900. The van der Waals surface area contributed by atoms with E-state index in [1.807, 2.05) is 12.3 Å². The minimum Gasteiger partial charge on any atom is -0.484 e. The maximum Gasteiger partial charge on any atom is 0.180 e. The molecule has 0 saturated carbocycles. The number of thiazole rings is 1. The van der Waals surface area contributed by atoms with Gasteiger partial charge in [0.25, 0.3) is 0 Å². The van der Waals surface area contributed by atoms with Gasteiger partial charge in [-0.05, 0) is 37.0 Å². The van der Waals surface area contributed by atoms with E-state index in [2.05, 4.69) is 44.0 Å². The minimum atomic E-state index is -0.0900. The first kappa shape index (κ1) is 13.9. The number of hydrogen-bond acceptors (Lipinski definition) is 4. The molecule has 102 valence electrons. The zero-order valence-electron chi connectivity index (χ0n) is 11.8. The van der Waals surface area contributed by atoms with Gasteiger partial charge < -0.3 is 10.5 Å². The Morgan fingerprint density at radius 1 is 1.26 bits per heavy atom. The van der Waals surface area contributed by atoms with Crippen molar-refractivity contribution in [3.8, 4) is 5.75 Å². The quantitative estimate of drug-likeness (QED) is 0.905. The zero-order valence-corrected chi connectivity index (χ0v) is 12.6. The first-order valence-electron chi connectivity index (χ1n) is 6.45. The average Bonchev–Trinajstić information content (AvgIpc) is 2.75. The van der Waals surface area contributed by atoms with Gasteiger partial charge in [0.1, 0.15) is 11.9 Å². The lowest BCUT2D eigenvalue weighted by molar-refractivity contribution is 0.219. The van der Waals surface area contributed by atoms with Crippen molar-refractivity contribution < 1.29 is 4.74 Å². The van der Waals surface area contributed by atoms with E-state index in [-0.39, 0.29) is 6.10 Å². The molecule has 1 unspecified atom stereocenters. The molecule has 0 radical (unpaired) electrons. The molecular formula is C15H20N2OS. The van der Waals surface area contributed by atoms with Gasteiger partial charge in [-0.25, -0.2) is 4.98 Å². The molecule has 0 bridgehead atoms. The summed E-state index contributed by atoms with van der Waals surface area (Å²) in [5.74, 6) is 1.37. The summed E-state index contributed by atoms with van der Waals surface area (Å²) in [7, 11) is 0. The van der Waals surface area contributed by atoms with Crippen molar-refractivity contribution in [2.45, 2.75) is 39.7 Å². The second kappa shape index (κ2) is 5.61. The Kier molecular flexibility index (Phi) is 4.10. The Balaban J connectivity index is 2.25. The van der Waals surface area contributed by atoms with Crippen LogP contribution in [0.3, 0.4) is 0 Å². The molecule has 2 N–H and O–H groups in total. The second-order valence-corrected chi connectivity index (χ2v) is 5.96. The van der Waals surface area contributed by atoms with Crippen molar-refractivity contribution in [3.05, 3.63) is 40.4 Å². The van der Waals surface area contributed by atoms with Crippen molar-refractivity contribution in [2.75, 3.05) is 5.73 Å². The number of benzene rings is 1. The summed E-state index contributed by atoms with van der Waals surface area (Å²) in [4.78, 5) is 4.28. The van der Waals surface area contributed by atoms with Gasteiger partial charge in [0.2, 0.25) is 0 Å². The van der Waals surface area contributed by atoms with Crippen LogP contribution in [-0.2, 0) is 0 Å². The second-order valence-electron chi connectivity index (χ2n) is 5.07. The van der Waals surface area contributed by atoms with Crippen molar-refractivity contribution in [1.82, 2.24) is 4.98 Å². The molecule has 0 aliphatic carbocycles. The SMILES string of the molecule is Cc1ccc(C(C)C)c(OC(C)c2csc(N)n2)c1. The van der Waals surface area contributed by atoms with Crippen molar-refractivity contribution in [3.63, 3.8) is 0 Å². The molecule has 3 nitrogen and oxygen atoms in total. The molecule has 0 amide bonds. The van der Waals surface area contributed by atoms with Crippen molar-refractivity contribution >= 4 is 16.5 Å². The molecule has 0 fully saturated rings. The smallest absolute Gasteiger partial charge is 0.180 e. The standard InChI is InChI=1S/C15H20N2OS/c1-9(2)12-6-5-10(3)7-14(12)18-11(4)13-8-19-15(16)17-13/h5-9,11H,1-4H3,(H2,16,17). The number of rotatable bonds is 4. The highest BCUT2D eigenvalue weighted by atomic mass is 32.1. The number of ether oxygens (including phenoxy) is 1. The molecule has 2 aromatic rings. The summed E-state index contributed by atoms with van der Waals surface area (Å²) in [5, 5.41) is 2.53. The molecule has 1 aromatic carbocycles. The molecule has 1 aromatic heterocycles. The topological polar surface area (TPSA) is 48.1 Å². The van der Waals surface area contributed by atoms with Crippen LogP contribution in [0.1, 0.15) is 49.6 Å². The van der Waals surface area contributed by atoms with Gasteiger partial charge >= 0.3 is 0 Å². The predicted octanol–water partition coefficient (Wildman–Crippen LogP) is 4.30. The lowest BCUT2D eigenvalue weighted by Crippen LogP contribution is -2.06. The molecule has 0 aliphatic rings. The molecule has 4 heteroatoms. The molecular weight excluding hydrogens is 256 g/mol. The van der Waals surface area contributed by atoms with Crippen LogP contribution in [0.4, 0.5) is 5.13 Å². The molecule has 2 rings (SSSR count). The van der Waals surface area contributed by atoms with Gasteiger partial charge in [-0.15, -0.1) is 11.3 Å². The summed E-state index contributed by atoms with van der Waals surface area (Å²) >= 11 is 1.44. The molecule has 0 spiro atoms. The molecule has 1 atom stereocenters. The van der Waals surface area contributed by atoms with E-state index in [9.17, 15) is 0 Å². The van der Waals surface area contributed by atoms with Crippen LogP contribution >= 0.6 is 11.3 Å². The summed E-state index contributed by atoms with van der Waals surface area (Å²) in [6, 6.07) is 6.34. The van der Waals surface area contributed by atoms with E-state index >= 15 is 0 Å². The summed E-state index contributed by atoms with van der Waals surface area (Å²) < 4.78 is 6.08. The number of aryl methyl sites for hydroxylation is 1. The Bertz CT molecular complexity index is 563. The van der Waals surface area contributed by atoms with Crippen molar-refractivity contribution in [1.29, 1.82) is 0 Å². The first-order valence-corrected chi connectivity index (χ1v) is 7.33. The van der Waals surface area contributed by atoms with Gasteiger partial charge in [0.15, 0.2) is 5.13 Å². The number of nitrogens with zero attached hydrogens (tertiary/aromatic N) is 1. The van der Waals surface area contributed by atoms with Gasteiger partial charge in [-0.3, -0.25) is 0 Å². The lowest BCUT2D eigenvalue weighted by Gasteiger charge is -2.18. The minimum absolute atomic E-state index is 0.0900. The van der Waals surface area contributed by atoms with E-state index in [1.54, 1.807) is 0 Å². The van der Waals surface area contributed by atoms with Crippen LogP contribution in [0, 0.1) is 6.92 Å². The Morgan fingerprint density at radius 3 is 2.58 bits per heavy atom. The Morgan fingerprint density at radius 2 is 2.00 bits per heavy atom. The Hall–Kier alpha value is -1.55. The highest BCUT2D eigenvalue weighted by Gasteiger charge is 2.14. The highest BCUT2D eigenvalue weighted by molar-refractivity contribution is 7.13. The van der Waals surface area contributed by atoms with Crippen LogP contribution in [0.25, 0.3) is 0 Å². The maximum absolute atomic E-state index is 6.08. The van der Waals surface area contributed by atoms with E-state index in [0.717, 1.165) is 11.4 Å². The van der Waals surface area contributed by atoms with E-state index in [1.165, 1.54) is 22.5 Å². The van der Waals surface area contributed by atoms with Crippen LogP contribution in [-0.4, -0.2) is 4.98 Å². The van der Waals surface area contributed by atoms with Gasteiger partial charge in [-0.1, -0.05) is 26.0 Å². The van der Waals surface area contributed by atoms with Crippen LogP contribution in [0.2, 0.25) is 0 Å². The summed E-state index contributed by atoms with van der Waals surface area (Å²) in [6.45, 7) is 8.41. The number of anilines is 1. The van der Waals surface area contributed by atoms with E-state index in [4.69, 9.17) is 10.5 Å². The normalized spacial score (nSPS) is 12.7. The molecule has 0 saturated heterocycles. The maximum atomic E-state index is 6.08. The van der Waals surface area contributed by atoms with Crippen LogP contribution in [0.5, 0.6) is 5.75 Å². The number of nitrogen functional groups attached to an aromatic ring is 1.